The van der Waals surface area contributed by atoms with Crippen molar-refractivity contribution >= 4 is 39.3 Å². The van der Waals surface area contributed by atoms with Gasteiger partial charge in [0.05, 0.1) is 6.42 Å². The van der Waals surface area contributed by atoms with Crippen molar-refractivity contribution in [1.29, 1.82) is 0 Å². The van der Waals surface area contributed by atoms with Crippen molar-refractivity contribution in [3.05, 3.63) is 105 Å². The molecule has 1 N–H and O–H groups in total. The predicted octanol–water partition coefficient (Wildman–Crippen LogP) is 5.17. The number of amides is 2. The highest BCUT2D eigenvalue weighted by atomic mass is 79.9. The quantitative estimate of drug-likeness (QED) is 0.448. The molecule has 3 aromatic carbocycles. The first kappa shape index (κ1) is 24.0. The Bertz CT molecular complexity index is 1070. The number of likely N-dealkylation sites (N-methyl/N-ethyl adjacent to an activating group) is 1. The molecule has 0 aliphatic carbocycles. The Labute approximate surface area is 200 Å². The third kappa shape index (κ3) is 6.17. The summed E-state index contributed by atoms with van der Waals surface area (Å²) in [5, 5.41) is 2.84. The topological polar surface area (TPSA) is 49.4 Å². The summed E-state index contributed by atoms with van der Waals surface area (Å²) in [6.45, 7) is 0.190. The molecule has 166 valence electrons. The SMILES string of the molecule is CNC(=O)[C@H](Cc1ccccc1)N(Cc1cccc(Br)c1)C(=O)Cc1c(F)cccc1Cl. The Morgan fingerprint density at radius 3 is 2.38 bits per heavy atom. The van der Waals surface area contributed by atoms with Crippen molar-refractivity contribution in [2.24, 2.45) is 0 Å². The van der Waals surface area contributed by atoms with E-state index < -0.39 is 11.9 Å². The summed E-state index contributed by atoms with van der Waals surface area (Å²) >= 11 is 9.61. The summed E-state index contributed by atoms with van der Waals surface area (Å²) in [6.07, 6.45) is 0.0764. The smallest absolute Gasteiger partial charge is 0.242 e. The fourth-order valence-electron chi connectivity index (χ4n) is 3.51. The molecule has 0 spiro atoms. The van der Waals surface area contributed by atoms with Gasteiger partial charge in [0.15, 0.2) is 0 Å². The van der Waals surface area contributed by atoms with Gasteiger partial charge in [-0.2, -0.15) is 0 Å². The number of nitrogens with one attached hydrogen (secondary N) is 1. The van der Waals surface area contributed by atoms with Crippen molar-refractivity contribution < 1.29 is 14.0 Å². The fraction of sp³-hybridized carbons (Fsp3) is 0.200. The van der Waals surface area contributed by atoms with Gasteiger partial charge in [0.25, 0.3) is 0 Å². The van der Waals surface area contributed by atoms with Crippen LogP contribution < -0.4 is 5.32 Å². The summed E-state index contributed by atoms with van der Waals surface area (Å²) in [6, 6.07) is 20.5. The van der Waals surface area contributed by atoms with Crippen LogP contribution in [0.3, 0.4) is 0 Å². The second-order valence-corrected chi connectivity index (χ2v) is 8.67. The maximum atomic E-state index is 14.4. The van der Waals surface area contributed by atoms with Crippen LogP contribution in [0.5, 0.6) is 0 Å². The Hall–Kier alpha value is -2.70. The lowest BCUT2D eigenvalue weighted by molar-refractivity contribution is -0.140. The van der Waals surface area contributed by atoms with Crippen LogP contribution in [0.1, 0.15) is 16.7 Å². The van der Waals surface area contributed by atoms with Gasteiger partial charge in [0.2, 0.25) is 11.8 Å². The first-order valence-corrected chi connectivity index (χ1v) is 11.3. The number of hydrogen-bond acceptors (Lipinski definition) is 2. The van der Waals surface area contributed by atoms with E-state index >= 15 is 0 Å². The standard InChI is InChI=1S/C25H23BrClFN2O2/c1-29-25(32)23(14-17-7-3-2-4-8-17)30(16-18-9-5-10-19(26)13-18)24(31)15-20-21(27)11-6-12-22(20)28/h2-13,23H,14-16H2,1H3,(H,29,32)/t23-/m0/s1. The Balaban J connectivity index is 1.98. The number of hydrogen-bond donors (Lipinski definition) is 1. The Morgan fingerprint density at radius 1 is 1.03 bits per heavy atom. The summed E-state index contributed by atoms with van der Waals surface area (Å²) in [5.41, 5.74) is 1.88. The van der Waals surface area contributed by atoms with E-state index in [9.17, 15) is 14.0 Å². The van der Waals surface area contributed by atoms with Crippen LogP contribution in [-0.4, -0.2) is 29.8 Å². The van der Waals surface area contributed by atoms with Crippen LogP contribution in [-0.2, 0) is 29.0 Å². The highest BCUT2D eigenvalue weighted by Gasteiger charge is 2.30. The minimum Gasteiger partial charge on any atom is -0.357 e. The number of nitrogens with zero attached hydrogens (tertiary/aromatic N) is 1. The zero-order valence-corrected chi connectivity index (χ0v) is 19.9. The van der Waals surface area contributed by atoms with Crippen molar-refractivity contribution in [1.82, 2.24) is 10.2 Å². The molecule has 0 radical (unpaired) electrons. The third-order valence-electron chi connectivity index (χ3n) is 5.15. The monoisotopic (exact) mass is 516 g/mol. The van der Waals surface area contributed by atoms with Crippen LogP contribution in [0.2, 0.25) is 5.02 Å². The third-order valence-corrected chi connectivity index (χ3v) is 6.00. The molecular formula is C25H23BrClFN2O2. The van der Waals surface area contributed by atoms with Crippen LogP contribution in [0.25, 0.3) is 0 Å². The fourth-order valence-corrected chi connectivity index (χ4v) is 4.18. The van der Waals surface area contributed by atoms with Crippen molar-refractivity contribution in [3.8, 4) is 0 Å². The predicted molar refractivity (Wildman–Crippen MR) is 128 cm³/mol. The van der Waals surface area contributed by atoms with Gasteiger partial charge in [-0.05, 0) is 35.4 Å². The van der Waals surface area contributed by atoms with Gasteiger partial charge >= 0.3 is 0 Å². The maximum absolute atomic E-state index is 14.4. The van der Waals surface area contributed by atoms with E-state index in [-0.39, 0.29) is 35.4 Å². The number of halogens is 3. The molecule has 0 unspecified atom stereocenters. The molecule has 3 aromatic rings. The first-order valence-electron chi connectivity index (χ1n) is 10.1. The minimum absolute atomic E-state index is 0.119. The van der Waals surface area contributed by atoms with Gasteiger partial charge < -0.3 is 10.2 Å². The Morgan fingerprint density at radius 2 is 1.72 bits per heavy atom. The normalized spacial score (nSPS) is 11.6. The van der Waals surface area contributed by atoms with E-state index in [1.165, 1.54) is 24.1 Å². The van der Waals surface area contributed by atoms with E-state index in [4.69, 9.17) is 11.6 Å². The second-order valence-electron chi connectivity index (χ2n) is 7.35. The molecule has 0 heterocycles. The highest BCUT2D eigenvalue weighted by Crippen LogP contribution is 2.23. The van der Waals surface area contributed by atoms with Crippen LogP contribution in [0, 0.1) is 5.82 Å². The van der Waals surface area contributed by atoms with Crippen molar-refractivity contribution in [2.75, 3.05) is 7.05 Å². The number of benzene rings is 3. The summed E-state index contributed by atoms with van der Waals surface area (Å²) in [4.78, 5) is 27.9. The van der Waals surface area contributed by atoms with Crippen molar-refractivity contribution in [3.63, 3.8) is 0 Å². The zero-order chi connectivity index (χ0) is 23.1. The highest BCUT2D eigenvalue weighted by molar-refractivity contribution is 9.10. The van der Waals surface area contributed by atoms with Gasteiger partial charge in [0.1, 0.15) is 11.9 Å². The molecule has 32 heavy (non-hydrogen) atoms. The number of rotatable bonds is 8. The van der Waals surface area contributed by atoms with Crippen LogP contribution >= 0.6 is 27.5 Å². The molecule has 0 fully saturated rings. The summed E-state index contributed by atoms with van der Waals surface area (Å²) < 4.78 is 15.2. The van der Waals surface area contributed by atoms with Gasteiger partial charge in [-0.25, -0.2) is 4.39 Å². The average Bonchev–Trinajstić information content (AvgIpc) is 2.79. The van der Waals surface area contributed by atoms with E-state index in [2.05, 4.69) is 21.2 Å². The molecule has 7 heteroatoms. The number of carbonyl (C=O) groups is 2. The van der Waals surface area contributed by atoms with Crippen LogP contribution in [0.15, 0.2) is 77.3 Å². The van der Waals surface area contributed by atoms with E-state index in [1.54, 1.807) is 6.07 Å². The molecule has 4 nitrogen and oxygen atoms in total. The largest absolute Gasteiger partial charge is 0.357 e. The van der Waals surface area contributed by atoms with Gasteiger partial charge in [-0.1, -0.05) is 76.1 Å². The molecule has 3 rings (SSSR count). The molecule has 0 saturated heterocycles. The summed E-state index contributed by atoms with van der Waals surface area (Å²) in [5.74, 6) is -1.23. The lowest BCUT2D eigenvalue weighted by atomic mass is 10.0. The van der Waals surface area contributed by atoms with Gasteiger partial charge in [-0.3, -0.25) is 9.59 Å². The zero-order valence-electron chi connectivity index (χ0n) is 17.5. The van der Waals surface area contributed by atoms with Gasteiger partial charge in [0, 0.05) is 35.1 Å². The second kappa shape index (κ2) is 11.2. The first-order chi connectivity index (χ1) is 15.4. The van der Waals surface area contributed by atoms with E-state index in [0.29, 0.717) is 6.42 Å². The van der Waals surface area contributed by atoms with Crippen LogP contribution in [0.4, 0.5) is 4.39 Å². The van der Waals surface area contributed by atoms with Gasteiger partial charge in [-0.15, -0.1) is 0 Å². The van der Waals surface area contributed by atoms with E-state index in [0.717, 1.165) is 15.6 Å². The van der Waals surface area contributed by atoms with E-state index in [1.807, 2.05) is 54.6 Å². The lowest BCUT2D eigenvalue weighted by Crippen LogP contribution is -2.50. The molecule has 0 aliphatic rings. The molecule has 1 atom stereocenters. The maximum Gasteiger partial charge on any atom is 0.242 e. The molecule has 2 amide bonds. The molecule has 0 saturated carbocycles. The Kier molecular flexibility index (Phi) is 8.42. The average molecular weight is 518 g/mol. The lowest BCUT2D eigenvalue weighted by Gasteiger charge is -2.31. The summed E-state index contributed by atoms with van der Waals surface area (Å²) in [7, 11) is 1.54. The molecule has 0 aliphatic heterocycles. The number of carbonyl (C=O) groups excluding carboxylic acids is 2. The molecule has 0 bridgehead atoms. The molecular weight excluding hydrogens is 495 g/mol. The van der Waals surface area contributed by atoms with Crippen molar-refractivity contribution in [2.45, 2.75) is 25.4 Å². The molecule has 0 aromatic heterocycles. The minimum atomic E-state index is -0.778.